The molecule has 2 rings (SSSR count). The summed E-state index contributed by atoms with van der Waals surface area (Å²) in [5.41, 5.74) is 2.09. The van der Waals surface area contributed by atoms with Gasteiger partial charge in [0.25, 0.3) is 0 Å². The summed E-state index contributed by atoms with van der Waals surface area (Å²) >= 11 is 0. The molecule has 1 saturated heterocycles. The van der Waals surface area contributed by atoms with Crippen LogP contribution in [0.1, 0.15) is 18.1 Å². The highest BCUT2D eigenvalue weighted by Crippen LogP contribution is 2.18. The van der Waals surface area contributed by atoms with Crippen LogP contribution in [0.15, 0.2) is 18.2 Å². The van der Waals surface area contributed by atoms with E-state index in [2.05, 4.69) is 11.8 Å². The molecule has 4 heteroatoms. The average molecular weight is 253 g/mol. The number of halogens is 1. The first kappa shape index (κ1) is 13.5. The Morgan fingerprint density at radius 1 is 1.50 bits per heavy atom. The van der Waals surface area contributed by atoms with E-state index in [1.54, 1.807) is 6.07 Å². The minimum Gasteiger partial charge on any atom is -0.394 e. The van der Waals surface area contributed by atoms with E-state index in [-0.39, 0.29) is 18.5 Å². The van der Waals surface area contributed by atoms with Crippen LogP contribution in [-0.4, -0.2) is 41.9 Å². The summed E-state index contributed by atoms with van der Waals surface area (Å²) in [6.45, 7) is 6.19. The molecular weight excluding hydrogens is 233 g/mol. The smallest absolute Gasteiger partial charge is 0.123 e. The van der Waals surface area contributed by atoms with Crippen LogP contribution < -0.4 is 0 Å². The second-order valence-corrected chi connectivity index (χ2v) is 4.99. The van der Waals surface area contributed by atoms with Gasteiger partial charge >= 0.3 is 0 Å². The van der Waals surface area contributed by atoms with Gasteiger partial charge < -0.3 is 9.84 Å². The van der Waals surface area contributed by atoms with Crippen molar-refractivity contribution >= 4 is 0 Å². The third-order valence-electron chi connectivity index (χ3n) is 3.52. The molecule has 1 aliphatic rings. The lowest BCUT2D eigenvalue weighted by molar-refractivity contribution is -0.0806. The molecule has 100 valence electrons. The second-order valence-electron chi connectivity index (χ2n) is 4.99. The molecule has 1 aromatic rings. The van der Waals surface area contributed by atoms with Gasteiger partial charge in [-0.15, -0.1) is 0 Å². The SMILES string of the molecule is Cc1cc(F)ccc1CN1CC(CO)OCC1C. The molecule has 1 aliphatic heterocycles. The topological polar surface area (TPSA) is 32.7 Å². The highest BCUT2D eigenvalue weighted by molar-refractivity contribution is 5.26. The fourth-order valence-corrected chi connectivity index (χ4v) is 2.26. The summed E-state index contributed by atoms with van der Waals surface area (Å²) in [5.74, 6) is -0.195. The van der Waals surface area contributed by atoms with Gasteiger partial charge in [-0.25, -0.2) is 4.39 Å². The number of morpholine rings is 1. The van der Waals surface area contributed by atoms with Crippen LogP contribution in [0.25, 0.3) is 0 Å². The molecule has 0 spiro atoms. The first-order valence-electron chi connectivity index (χ1n) is 6.31. The van der Waals surface area contributed by atoms with Crippen LogP contribution in [0.2, 0.25) is 0 Å². The van der Waals surface area contributed by atoms with E-state index in [1.165, 1.54) is 6.07 Å². The molecule has 0 bridgehead atoms. The molecule has 0 saturated carbocycles. The summed E-state index contributed by atoms with van der Waals surface area (Å²) in [6, 6.07) is 5.21. The maximum Gasteiger partial charge on any atom is 0.123 e. The zero-order chi connectivity index (χ0) is 13.1. The number of ether oxygens (including phenoxy) is 1. The molecule has 2 atom stereocenters. The Labute approximate surface area is 107 Å². The summed E-state index contributed by atoms with van der Waals surface area (Å²) in [4.78, 5) is 2.27. The van der Waals surface area contributed by atoms with Gasteiger partial charge in [-0.1, -0.05) is 6.07 Å². The number of benzene rings is 1. The van der Waals surface area contributed by atoms with Gasteiger partial charge in [0.2, 0.25) is 0 Å². The first-order chi connectivity index (χ1) is 8.60. The van der Waals surface area contributed by atoms with Crippen molar-refractivity contribution in [3.05, 3.63) is 35.1 Å². The Hall–Kier alpha value is -0.970. The van der Waals surface area contributed by atoms with E-state index in [9.17, 15) is 4.39 Å². The van der Waals surface area contributed by atoms with Gasteiger partial charge in [-0.05, 0) is 37.1 Å². The van der Waals surface area contributed by atoms with Gasteiger partial charge in [-0.3, -0.25) is 4.90 Å². The Morgan fingerprint density at radius 2 is 2.28 bits per heavy atom. The predicted octanol–water partition coefficient (Wildman–Crippen LogP) is 1.72. The number of aliphatic hydroxyl groups excluding tert-OH is 1. The molecule has 1 fully saturated rings. The molecule has 18 heavy (non-hydrogen) atoms. The Morgan fingerprint density at radius 3 is 2.94 bits per heavy atom. The summed E-state index contributed by atoms with van der Waals surface area (Å²) < 4.78 is 18.6. The van der Waals surface area contributed by atoms with E-state index in [0.717, 1.165) is 17.7 Å². The van der Waals surface area contributed by atoms with Gasteiger partial charge in [0.1, 0.15) is 5.82 Å². The quantitative estimate of drug-likeness (QED) is 0.890. The number of rotatable bonds is 3. The van der Waals surface area contributed by atoms with E-state index < -0.39 is 0 Å². The van der Waals surface area contributed by atoms with Crippen LogP contribution in [0.4, 0.5) is 4.39 Å². The van der Waals surface area contributed by atoms with Crippen LogP contribution in [0, 0.1) is 12.7 Å². The van der Waals surface area contributed by atoms with Gasteiger partial charge in [0, 0.05) is 19.1 Å². The largest absolute Gasteiger partial charge is 0.394 e. The van der Waals surface area contributed by atoms with E-state index in [1.807, 2.05) is 13.0 Å². The van der Waals surface area contributed by atoms with E-state index >= 15 is 0 Å². The molecule has 1 N–H and O–H groups in total. The number of nitrogens with zero attached hydrogens (tertiary/aromatic N) is 1. The fourth-order valence-electron chi connectivity index (χ4n) is 2.26. The number of aliphatic hydroxyl groups is 1. The summed E-state index contributed by atoms with van der Waals surface area (Å²) in [5, 5.41) is 9.15. The Kier molecular flexibility index (Phi) is 4.32. The van der Waals surface area contributed by atoms with E-state index in [0.29, 0.717) is 19.2 Å². The fraction of sp³-hybridized carbons (Fsp3) is 0.571. The van der Waals surface area contributed by atoms with Gasteiger partial charge in [0.15, 0.2) is 0 Å². The van der Waals surface area contributed by atoms with Crippen molar-refractivity contribution in [2.45, 2.75) is 32.5 Å². The second kappa shape index (κ2) is 5.78. The highest BCUT2D eigenvalue weighted by atomic mass is 19.1. The highest BCUT2D eigenvalue weighted by Gasteiger charge is 2.25. The minimum absolute atomic E-state index is 0.0472. The third kappa shape index (κ3) is 3.07. The van der Waals surface area contributed by atoms with Gasteiger partial charge in [-0.2, -0.15) is 0 Å². The molecular formula is C14H20FNO2. The molecule has 1 heterocycles. The summed E-state index contributed by atoms with van der Waals surface area (Å²) in [6.07, 6.45) is -0.109. The van der Waals surface area contributed by atoms with Crippen LogP contribution in [0.3, 0.4) is 0 Å². The lowest BCUT2D eigenvalue weighted by atomic mass is 10.1. The minimum atomic E-state index is -0.195. The van der Waals surface area contributed by atoms with Crippen molar-refractivity contribution in [1.29, 1.82) is 0 Å². The number of hydrogen-bond donors (Lipinski definition) is 1. The molecule has 0 radical (unpaired) electrons. The van der Waals surface area contributed by atoms with Crippen molar-refractivity contribution in [2.24, 2.45) is 0 Å². The molecule has 0 amide bonds. The van der Waals surface area contributed by atoms with Crippen molar-refractivity contribution < 1.29 is 14.2 Å². The van der Waals surface area contributed by atoms with Crippen LogP contribution >= 0.6 is 0 Å². The van der Waals surface area contributed by atoms with Crippen molar-refractivity contribution in [3.63, 3.8) is 0 Å². The number of hydrogen-bond acceptors (Lipinski definition) is 3. The number of aryl methyl sites for hydroxylation is 1. The maximum atomic E-state index is 13.1. The van der Waals surface area contributed by atoms with Crippen LogP contribution in [-0.2, 0) is 11.3 Å². The third-order valence-corrected chi connectivity index (χ3v) is 3.52. The molecule has 0 aromatic heterocycles. The van der Waals surface area contributed by atoms with Crippen LogP contribution in [0.5, 0.6) is 0 Å². The van der Waals surface area contributed by atoms with E-state index in [4.69, 9.17) is 9.84 Å². The maximum absolute atomic E-state index is 13.1. The molecule has 1 aromatic carbocycles. The zero-order valence-electron chi connectivity index (χ0n) is 10.9. The first-order valence-corrected chi connectivity index (χ1v) is 6.31. The average Bonchev–Trinajstić information content (AvgIpc) is 2.35. The van der Waals surface area contributed by atoms with Gasteiger partial charge in [0.05, 0.1) is 19.3 Å². The lowest BCUT2D eigenvalue weighted by Crippen LogP contribution is -2.48. The Balaban J connectivity index is 2.07. The summed E-state index contributed by atoms with van der Waals surface area (Å²) in [7, 11) is 0. The lowest BCUT2D eigenvalue weighted by Gasteiger charge is -2.37. The standard InChI is InChI=1S/C14H20FNO2/c1-10-5-13(15)4-3-12(10)6-16-7-14(8-17)18-9-11(16)2/h3-5,11,14,17H,6-9H2,1-2H3. The van der Waals surface area contributed by atoms with Crippen molar-refractivity contribution in [1.82, 2.24) is 4.90 Å². The molecule has 0 aliphatic carbocycles. The Bertz CT molecular complexity index is 411. The van der Waals surface area contributed by atoms with Crippen molar-refractivity contribution in [3.8, 4) is 0 Å². The monoisotopic (exact) mass is 253 g/mol. The molecule has 3 nitrogen and oxygen atoms in total. The zero-order valence-corrected chi connectivity index (χ0v) is 10.9. The predicted molar refractivity (Wildman–Crippen MR) is 67.8 cm³/mol. The van der Waals surface area contributed by atoms with Crippen molar-refractivity contribution in [2.75, 3.05) is 19.8 Å². The normalized spacial score (nSPS) is 25.3. The molecule has 2 unspecified atom stereocenters.